The fraction of sp³-hybridized carbons (Fsp3) is 0.692. The van der Waals surface area contributed by atoms with E-state index in [0.717, 1.165) is 48.9 Å². The number of carbonyl (C=O) groups is 1. The predicted octanol–water partition coefficient (Wildman–Crippen LogP) is 2.09. The first kappa shape index (κ1) is 13.5. The van der Waals surface area contributed by atoms with Crippen molar-refractivity contribution in [1.29, 1.82) is 0 Å². The lowest BCUT2D eigenvalue weighted by atomic mass is 10.1. The van der Waals surface area contributed by atoms with Crippen LogP contribution in [0.2, 0.25) is 0 Å². The summed E-state index contributed by atoms with van der Waals surface area (Å²) in [6.07, 6.45) is 3.93. The number of carbonyl (C=O) groups excluding carboxylic acids is 1. The second-order valence-electron chi connectivity index (χ2n) is 4.62. The van der Waals surface area contributed by atoms with E-state index in [2.05, 4.69) is 24.1 Å². The summed E-state index contributed by atoms with van der Waals surface area (Å²) in [7, 11) is 0. The van der Waals surface area contributed by atoms with Crippen molar-refractivity contribution < 1.29 is 4.79 Å². The SMILES string of the molecule is CCC(CC)c1ncc(C(=O)N2CCNCC2)s1. The molecule has 0 atom stereocenters. The standard InChI is InChI=1S/C13H21N3OS/c1-3-10(4-2)12-15-9-11(18-12)13(17)16-7-5-14-6-8-16/h9-10,14H,3-8H2,1-2H3. The highest BCUT2D eigenvalue weighted by molar-refractivity contribution is 7.13. The van der Waals surface area contributed by atoms with Gasteiger partial charge in [-0.3, -0.25) is 4.79 Å². The Kier molecular flexibility index (Phi) is 4.72. The fourth-order valence-corrected chi connectivity index (χ4v) is 3.39. The highest BCUT2D eigenvalue weighted by atomic mass is 32.1. The van der Waals surface area contributed by atoms with Crippen LogP contribution < -0.4 is 5.32 Å². The molecular formula is C13H21N3OS. The summed E-state index contributed by atoms with van der Waals surface area (Å²) in [6, 6.07) is 0. The molecule has 5 heteroatoms. The largest absolute Gasteiger partial charge is 0.335 e. The van der Waals surface area contributed by atoms with Crippen molar-refractivity contribution in [3.63, 3.8) is 0 Å². The summed E-state index contributed by atoms with van der Waals surface area (Å²) in [4.78, 5) is 19.4. The zero-order valence-corrected chi connectivity index (χ0v) is 11.9. The molecule has 0 unspecified atom stereocenters. The number of aromatic nitrogens is 1. The summed E-state index contributed by atoms with van der Waals surface area (Å²) in [5.74, 6) is 0.644. The summed E-state index contributed by atoms with van der Waals surface area (Å²) < 4.78 is 0. The number of piperazine rings is 1. The maximum absolute atomic E-state index is 12.3. The number of thiazole rings is 1. The van der Waals surface area contributed by atoms with E-state index in [4.69, 9.17) is 0 Å². The smallest absolute Gasteiger partial charge is 0.265 e. The molecule has 0 aliphatic carbocycles. The van der Waals surface area contributed by atoms with Gasteiger partial charge in [0.2, 0.25) is 0 Å². The van der Waals surface area contributed by atoms with Crippen molar-refractivity contribution in [3.05, 3.63) is 16.1 Å². The van der Waals surface area contributed by atoms with Gasteiger partial charge in [0.05, 0.1) is 11.2 Å². The average Bonchev–Trinajstić information content (AvgIpc) is 2.90. The molecule has 0 bridgehead atoms. The molecule has 1 aromatic heterocycles. The van der Waals surface area contributed by atoms with Crippen molar-refractivity contribution in [2.75, 3.05) is 26.2 Å². The Bertz CT molecular complexity index is 395. The molecule has 2 heterocycles. The molecule has 1 N–H and O–H groups in total. The molecule has 0 spiro atoms. The van der Waals surface area contributed by atoms with Crippen LogP contribution in [0.15, 0.2) is 6.20 Å². The quantitative estimate of drug-likeness (QED) is 0.908. The lowest BCUT2D eigenvalue weighted by Crippen LogP contribution is -2.46. The van der Waals surface area contributed by atoms with Crippen LogP contribution in [-0.2, 0) is 0 Å². The zero-order valence-electron chi connectivity index (χ0n) is 11.1. The van der Waals surface area contributed by atoms with Gasteiger partial charge in [0.25, 0.3) is 5.91 Å². The Balaban J connectivity index is 2.06. The highest BCUT2D eigenvalue weighted by Crippen LogP contribution is 2.27. The molecule has 0 saturated carbocycles. The maximum atomic E-state index is 12.3. The number of rotatable bonds is 4. The average molecular weight is 267 g/mol. The van der Waals surface area contributed by atoms with Crippen LogP contribution in [0.4, 0.5) is 0 Å². The van der Waals surface area contributed by atoms with Gasteiger partial charge in [0, 0.05) is 32.1 Å². The van der Waals surface area contributed by atoms with Crippen LogP contribution >= 0.6 is 11.3 Å². The van der Waals surface area contributed by atoms with E-state index in [1.165, 1.54) is 0 Å². The predicted molar refractivity (Wildman–Crippen MR) is 74.2 cm³/mol. The van der Waals surface area contributed by atoms with Gasteiger partial charge in [-0.25, -0.2) is 4.98 Å². The number of hydrogen-bond donors (Lipinski definition) is 1. The molecule has 18 heavy (non-hydrogen) atoms. The molecular weight excluding hydrogens is 246 g/mol. The number of amides is 1. The summed E-state index contributed by atoms with van der Waals surface area (Å²) in [5, 5.41) is 4.37. The van der Waals surface area contributed by atoms with Gasteiger partial charge in [-0.1, -0.05) is 13.8 Å². The normalized spacial score (nSPS) is 16.3. The molecule has 0 aromatic carbocycles. The lowest BCUT2D eigenvalue weighted by Gasteiger charge is -2.26. The molecule has 1 aromatic rings. The third-order valence-electron chi connectivity index (χ3n) is 3.47. The summed E-state index contributed by atoms with van der Waals surface area (Å²) in [6.45, 7) is 7.74. The Morgan fingerprint density at radius 1 is 1.44 bits per heavy atom. The minimum atomic E-state index is 0.145. The van der Waals surface area contributed by atoms with Crippen LogP contribution in [0.25, 0.3) is 0 Å². The molecule has 1 aliphatic heterocycles. The van der Waals surface area contributed by atoms with Crippen LogP contribution in [-0.4, -0.2) is 42.0 Å². The van der Waals surface area contributed by atoms with Crippen molar-refractivity contribution in [1.82, 2.24) is 15.2 Å². The van der Waals surface area contributed by atoms with Gasteiger partial charge >= 0.3 is 0 Å². The minimum absolute atomic E-state index is 0.145. The second kappa shape index (κ2) is 6.29. The van der Waals surface area contributed by atoms with E-state index >= 15 is 0 Å². The molecule has 100 valence electrons. The van der Waals surface area contributed by atoms with Gasteiger partial charge in [0.15, 0.2) is 0 Å². The topological polar surface area (TPSA) is 45.2 Å². The van der Waals surface area contributed by atoms with E-state index in [-0.39, 0.29) is 5.91 Å². The van der Waals surface area contributed by atoms with Crippen LogP contribution in [0.1, 0.15) is 47.3 Å². The fourth-order valence-electron chi connectivity index (χ4n) is 2.24. The zero-order chi connectivity index (χ0) is 13.0. The number of hydrogen-bond acceptors (Lipinski definition) is 4. The van der Waals surface area contributed by atoms with E-state index < -0.39 is 0 Å². The third-order valence-corrected chi connectivity index (χ3v) is 4.62. The first-order valence-electron chi connectivity index (χ1n) is 6.72. The van der Waals surface area contributed by atoms with E-state index in [1.807, 2.05) is 4.90 Å². The Hall–Kier alpha value is -0.940. The maximum Gasteiger partial charge on any atom is 0.265 e. The minimum Gasteiger partial charge on any atom is -0.335 e. The van der Waals surface area contributed by atoms with Crippen LogP contribution in [0, 0.1) is 0 Å². The van der Waals surface area contributed by atoms with Crippen LogP contribution in [0.5, 0.6) is 0 Å². The van der Waals surface area contributed by atoms with Crippen molar-refractivity contribution in [2.45, 2.75) is 32.6 Å². The Labute approximate surface area is 112 Å². The molecule has 4 nitrogen and oxygen atoms in total. The lowest BCUT2D eigenvalue weighted by molar-refractivity contribution is 0.0740. The molecule has 1 saturated heterocycles. The third kappa shape index (κ3) is 2.90. The summed E-state index contributed by atoms with van der Waals surface area (Å²) in [5.41, 5.74) is 0. The van der Waals surface area contributed by atoms with Crippen molar-refractivity contribution >= 4 is 17.2 Å². The molecule has 1 fully saturated rings. The highest BCUT2D eigenvalue weighted by Gasteiger charge is 2.21. The Morgan fingerprint density at radius 3 is 2.72 bits per heavy atom. The van der Waals surface area contributed by atoms with E-state index in [9.17, 15) is 4.79 Å². The number of nitrogens with one attached hydrogen (secondary N) is 1. The number of nitrogens with zero attached hydrogens (tertiary/aromatic N) is 2. The first-order chi connectivity index (χ1) is 8.76. The van der Waals surface area contributed by atoms with Gasteiger partial charge in [0.1, 0.15) is 4.88 Å². The van der Waals surface area contributed by atoms with Crippen molar-refractivity contribution in [3.8, 4) is 0 Å². The molecule has 0 radical (unpaired) electrons. The monoisotopic (exact) mass is 267 g/mol. The van der Waals surface area contributed by atoms with Gasteiger partial charge in [-0.05, 0) is 12.8 Å². The summed E-state index contributed by atoms with van der Waals surface area (Å²) >= 11 is 1.57. The van der Waals surface area contributed by atoms with Crippen molar-refractivity contribution in [2.24, 2.45) is 0 Å². The van der Waals surface area contributed by atoms with E-state index in [1.54, 1.807) is 17.5 Å². The van der Waals surface area contributed by atoms with E-state index in [0.29, 0.717) is 5.92 Å². The van der Waals surface area contributed by atoms with Gasteiger partial charge in [-0.2, -0.15) is 0 Å². The second-order valence-corrected chi connectivity index (χ2v) is 5.68. The molecule has 1 aliphatic rings. The first-order valence-corrected chi connectivity index (χ1v) is 7.53. The molecule has 2 rings (SSSR count). The molecule has 1 amide bonds. The van der Waals surface area contributed by atoms with Gasteiger partial charge < -0.3 is 10.2 Å². The van der Waals surface area contributed by atoms with Crippen LogP contribution in [0.3, 0.4) is 0 Å². The van der Waals surface area contributed by atoms with Gasteiger partial charge in [-0.15, -0.1) is 11.3 Å². The Morgan fingerprint density at radius 2 is 2.11 bits per heavy atom.